The zero-order valence-electron chi connectivity index (χ0n) is 17.5. The largest absolute Gasteiger partial charge is 0.494 e. The van der Waals surface area contributed by atoms with Crippen LogP contribution in [0.2, 0.25) is 0 Å². The summed E-state index contributed by atoms with van der Waals surface area (Å²) in [5.74, 6) is -4.92. The molecule has 0 saturated carbocycles. The fourth-order valence-electron chi connectivity index (χ4n) is 3.92. The summed E-state index contributed by atoms with van der Waals surface area (Å²) >= 11 is 0. The molecule has 9 heteroatoms. The summed E-state index contributed by atoms with van der Waals surface area (Å²) in [6.07, 6.45) is -5.47. The third-order valence-corrected chi connectivity index (χ3v) is 5.54. The molecule has 1 unspecified atom stereocenters. The van der Waals surface area contributed by atoms with Crippen molar-refractivity contribution in [1.82, 2.24) is 4.90 Å². The van der Waals surface area contributed by atoms with Gasteiger partial charge in [0.2, 0.25) is 5.91 Å². The maximum atomic E-state index is 14.9. The minimum atomic E-state index is -4.84. The Morgan fingerprint density at radius 2 is 1.72 bits per heavy atom. The number of benzene rings is 2. The monoisotopic (exact) mass is 453 g/mol. The van der Waals surface area contributed by atoms with Gasteiger partial charge >= 0.3 is 6.18 Å². The van der Waals surface area contributed by atoms with Crippen molar-refractivity contribution in [2.24, 2.45) is 5.92 Å². The lowest BCUT2D eigenvalue weighted by Crippen LogP contribution is -2.46. The number of alkyl halides is 3. The molecule has 0 bridgehead atoms. The van der Waals surface area contributed by atoms with Crippen molar-refractivity contribution in [2.75, 3.05) is 13.7 Å². The Bertz CT molecular complexity index is 1110. The molecule has 1 heterocycles. The molecule has 2 aromatic carbocycles. The number of imide groups is 1. The lowest BCUT2D eigenvalue weighted by Gasteiger charge is -2.33. The van der Waals surface area contributed by atoms with Crippen molar-refractivity contribution in [2.45, 2.75) is 26.4 Å². The first-order chi connectivity index (χ1) is 15.0. The van der Waals surface area contributed by atoms with Gasteiger partial charge in [0.25, 0.3) is 5.91 Å². The smallest absolute Gasteiger partial charge is 0.416 e. The van der Waals surface area contributed by atoms with Crippen molar-refractivity contribution in [1.29, 1.82) is 0 Å². The number of halogens is 5. The van der Waals surface area contributed by atoms with Crippen molar-refractivity contribution >= 4 is 17.4 Å². The van der Waals surface area contributed by atoms with Gasteiger partial charge in [0, 0.05) is 17.7 Å². The van der Waals surface area contributed by atoms with E-state index in [1.807, 2.05) is 0 Å². The second-order valence-electron chi connectivity index (χ2n) is 7.29. The number of methoxy groups -OCH3 is 1. The van der Waals surface area contributed by atoms with E-state index >= 15 is 0 Å². The summed E-state index contributed by atoms with van der Waals surface area (Å²) in [5.41, 5.74) is -2.13. The van der Waals surface area contributed by atoms with E-state index in [4.69, 9.17) is 4.74 Å². The SMILES string of the molecule is CCN1C(=O)C(c2cccc(OC)c2F)=C(C)C(Cc2c(F)cccc2C(F)(F)F)C1=O. The Kier molecular flexibility index (Phi) is 6.39. The van der Waals surface area contributed by atoms with Gasteiger partial charge in [-0.3, -0.25) is 14.5 Å². The molecule has 2 amide bonds. The molecule has 2 aromatic rings. The van der Waals surface area contributed by atoms with Crippen LogP contribution in [0.1, 0.15) is 30.5 Å². The lowest BCUT2D eigenvalue weighted by atomic mass is 9.81. The summed E-state index contributed by atoms with van der Waals surface area (Å²) in [6, 6.07) is 6.66. The quantitative estimate of drug-likeness (QED) is 0.472. The molecular weight excluding hydrogens is 433 g/mol. The van der Waals surface area contributed by atoms with Gasteiger partial charge in [0.1, 0.15) is 5.82 Å². The number of ether oxygens (including phenoxy) is 1. The molecule has 0 radical (unpaired) electrons. The van der Waals surface area contributed by atoms with Gasteiger partial charge in [-0.2, -0.15) is 13.2 Å². The average molecular weight is 453 g/mol. The first kappa shape index (κ1) is 23.4. The van der Waals surface area contributed by atoms with Crippen LogP contribution in [-0.4, -0.2) is 30.4 Å². The Morgan fingerprint density at radius 3 is 2.31 bits per heavy atom. The van der Waals surface area contributed by atoms with E-state index in [-0.39, 0.29) is 29.0 Å². The van der Waals surface area contributed by atoms with Crippen LogP contribution >= 0.6 is 0 Å². The van der Waals surface area contributed by atoms with Crippen molar-refractivity contribution in [3.63, 3.8) is 0 Å². The van der Waals surface area contributed by atoms with E-state index in [0.717, 1.165) is 23.1 Å². The fraction of sp³-hybridized carbons (Fsp3) is 0.304. The number of carbonyl (C=O) groups excluding carboxylic acids is 2. The third-order valence-electron chi connectivity index (χ3n) is 5.54. The second kappa shape index (κ2) is 8.72. The summed E-state index contributed by atoms with van der Waals surface area (Å²) in [7, 11) is 1.24. The first-order valence-corrected chi connectivity index (χ1v) is 9.76. The van der Waals surface area contributed by atoms with E-state index in [1.165, 1.54) is 39.2 Å². The van der Waals surface area contributed by atoms with Crippen LogP contribution in [-0.2, 0) is 22.2 Å². The number of nitrogens with zero attached hydrogens (tertiary/aromatic N) is 1. The second-order valence-corrected chi connectivity index (χ2v) is 7.29. The maximum absolute atomic E-state index is 14.9. The Hall–Kier alpha value is -3.23. The van der Waals surface area contributed by atoms with Crippen LogP contribution in [0.5, 0.6) is 5.75 Å². The fourth-order valence-corrected chi connectivity index (χ4v) is 3.92. The predicted molar refractivity (Wildman–Crippen MR) is 107 cm³/mol. The Morgan fingerprint density at radius 1 is 1.06 bits per heavy atom. The molecule has 0 fully saturated rings. The van der Waals surface area contributed by atoms with Crippen LogP contribution in [0.3, 0.4) is 0 Å². The number of rotatable bonds is 5. The highest BCUT2D eigenvalue weighted by atomic mass is 19.4. The van der Waals surface area contributed by atoms with Gasteiger partial charge in [-0.1, -0.05) is 18.2 Å². The number of hydrogen-bond donors (Lipinski definition) is 0. The summed E-state index contributed by atoms with van der Waals surface area (Å²) in [6.45, 7) is 2.80. The van der Waals surface area contributed by atoms with E-state index in [9.17, 15) is 31.5 Å². The third kappa shape index (κ3) is 3.99. The van der Waals surface area contributed by atoms with Crippen LogP contribution in [0.15, 0.2) is 42.0 Å². The molecule has 3 rings (SSSR count). The van der Waals surface area contributed by atoms with Crippen molar-refractivity contribution < 1.29 is 36.3 Å². The maximum Gasteiger partial charge on any atom is 0.416 e. The van der Waals surface area contributed by atoms with E-state index < -0.39 is 53.1 Å². The summed E-state index contributed by atoms with van der Waals surface area (Å²) < 4.78 is 74.7. The first-order valence-electron chi connectivity index (χ1n) is 9.76. The predicted octanol–water partition coefficient (Wildman–Crippen LogP) is 5.01. The molecule has 1 aliphatic rings. The topological polar surface area (TPSA) is 46.6 Å². The molecule has 0 N–H and O–H groups in total. The molecule has 1 aliphatic heterocycles. The molecule has 170 valence electrons. The molecule has 1 atom stereocenters. The van der Waals surface area contributed by atoms with Gasteiger partial charge in [-0.15, -0.1) is 0 Å². The van der Waals surface area contributed by atoms with Crippen LogP contribution in [0.4, 0.5) is 22.0 Å². The van der Waals surface area contributed by atoms with E-state index in [1.54, 1.807) is 0 Å². The van der Waals surface area contributed by atoms with Gasteiger partial charge in [0.05, 0.1) is 24.2 Å². The number of likely N-dealkylation sites (N-methyl/N-ethyl adjacent to an activating group) is 1. The zero-order chi connectivity index (χ0) is 23.8. The lowest BCUT2D eigenvalue weighted by molar-refractivity contribution is -0.145. The molecule has 32 heavy (non-hydrogen) atoms. The number of carbonyl (C=O) groups is 2. The molecular formula is C23H20F5NO3. The van der Waals surface area contributed by atoms with Crippen LogP contribution < -0.4 is 4.74 Å². The Labute approximate surface area is 181 Å². The highest BCUT2D eigenvalue weighted by Crippen LogP contribution is 2.39. The highest BCUT2D eigenvalue weighted by Gasteiger charge is 2.42. The normalized spacial score (nSPS) is 17.2. The average Bonchev–Trinajstić information content (AvgIpc) is 2.73. The Balaban J connectivity index is 2.21. The zero-order valence-corrected chi connectivity index (χ0v) is 17.5. The minimum absolute atomic E-state index is 0.0632. The highest BCUT2D eigenvalue weighted by molar-refractivity contribution is 6.27. The van der Waals surface area contributed by atoms with Gasteiger partial charge in [-0.25, -0.2) is 8.78 Å². The number of amides is 2. The van der Waals surface area contributed by atoms with Crippen molar-refractivity contribution in [3.05, 3.63) is 70.3 Å². The van der Waals surface area contributed by atoms with Crippen LogP contribution in [0, 0.1) is 17.6 Å². The van der Waals surface area contributed by atoms with Gasteiger partial charge in [-0.05, 0) is 44.0 Å². The minimum Gasteiger partial charge on any atom is -0.494 e. The van der Waals surface area contributed by atoms with Gasteiger partial charge in [0.15, 0.2) is 11.6 Å². The van der Waals surface area contributed by atoms with E-state index in [0.29, 0.717) is 0 Å². The summed E-state index contributed by atoms with van der Waals surface area (Å²) in [5, 5.41) is 0. The molecule has 0 saturated heterocycles. The molecule has 0 spiro atoms. The standard InChI is InChI=1S/C23H20F5NO3/c1-4-29-21(30)14(11-15-16(23(26,27)28)8-6-9-17(15)24)12(2)19(22(29)31)13-7-5-10-18(32-3)20(13)25/h5-10,14H,4,11H2,1-3H3. The van der Waals surface area contributed by atoms with Gasteiger partial charge < -0.3 is 4.74 Å². The van der Waals surface area contributed by atoms with E-state index in [2.05, 4.69) is 0 Å². The van der Waals surface area contributed by atoms with Crippen molar-refractivity contribution in [3.8, 4) is 5.75 Å². The summed E-state index contributed by atoms with van der Waals surface area (Å²) in [4.78, 5) is 26.8. The van der Waals surface area contributed by atoms with Crippen LogP contribution in [0.25, 0.3) is 5.57 Å². The number of hydrogen-bond acceptors (Lipinski definition) is 3. The molecule has 0 aliphatic carbocycles. The molecule has 0 aromatic heterocycles. The molecule has 4 nitrogen and oxygen atoms in total.